The normalized spacial score (nSPS) is 16.7. The number of rotatable bonds is 7. The van der Waals surface area contributed by atoms with E-state index < -0.39 is 10.0 Å². The summed E-state index contributed by atoms with van der Waals surface area (Å²) in [6.07, 6.45) is 5.55. The third-order valence-corrected chi connectivity index (χ3v) is 7.29. The Balaban J connectivity index is 1.79. The van der Waals surface area contributed by atoms with Gasteiger partial charge in [0, 0.05) is 18.8 Å². The summed E-state index contributed by atoms with van der Waals surface area (Å²) in [6, 6.07) is 16.3. The minimum Gasteiger partial charge on any atom is -0.326 e. The van der Waals surface area contributed by atoms with E-state index in [-0.39, 0.29) is 16.7 Å². The van der Waals surface area contributed by atoms with Crippen molar-refractivity contribution in [1.82, 2.24) is 4.31 Å². The summed E-state index contributed by atoms with van der Waals surface area (Å²) in [5, 5.41) is 2.93. The Hall–Kier alpha value is -2.18. The third-order valence-electron chi connectivity index (χ3n) is 5.40. The first-order valence-corrected chi connectivity index (χ1v) is 11.9. The predicted molar refractivity (Wildman–Crippen MR) is 116 cm³/mol. The van der Waals surface area contributed by atoms with E-state index in [0.717, 1.165) is 44.1 Å². The molecule has 1 aliphatic heterocycles. The largest absolute Gasteiger partial charge is 0.326 e. The topological polar surface area (TPSA) is 66.5 Å². The highest BCUT2D eigenvalue weighted by molar-refractivity contribution is 7.89. The van der Waals surface area contributed by atoms with Gasteiger partial charge in [-0.05, 0) is 43.0 Å². The van der Waals surface area contributed by atoms with Crippen molar-refractivity contribution in [1.29, 1.82) is 0 Å². The van der Waals surface area contributed by atoms with Crippen LogP contribution in [0, 0.1) is 0 Å². The monoisotopic (exact) mass is 414 g/mol. The number of anilines is 1. The number of carbonyl (C=O) groups is 1. The van der Waals surface area contributed by atoms with Gasteiger partial charge in [-0.1, -0.05) is 62.6 Å². The average molecular weight is 415 g/mol. The molecule has 0 radical (unpaired) electrons. The molecule has 156 valence electrons. The lowest BCUT2D eigenvalue weighted by Gasteiger charge is -2.21. The molecular formula is C23H30N2O3S. The zero-order valence-corrected chi connectivity index (χ0v) is 17.8. The van der Waals surface area contributed by atoms with Crippen LogP contribution in [0.15, 0.2) is 59.5 Å². The van der Waals surface area contributed by atoms with Crippen molar-refractivity contribution in [3.8, 4) is 0 Å². The molecule has 3 rings (SSSR count). The molecule has 29 heavy (non-hydrogen) atoms. The number of hydrogen-bond donors (Lipinski definition) is 1. The van der Waals surface area contributed by atoms with Gasteiger partial charge in [-0.25, -0.2) is 8.42 Å². The van der Waals surface area contributed by atoms with E-state index in [0.29, 0.717) is 18.8 Å². The highest BCUT2D eigenvalue weighted by Gasteiger charge is 2.26. The van der Waals surface area contributed by atoms with Crippen molar-refractivity contribution in [3.63, 3.8) is 0 Å². The van der Waals surface area contributed by atoms with Crippen molar-refractivity contribution in [2.45, 2.75) is 56.3 Å². The molecule has 1 atom stereocenters. The maximum absolute atomic E-state index is 13.0. The first-order chi connectivity index (χ1) is 14.0. The standard InChI is InChI=1S/C23H30N2O3S/c1-2-11-22(19-12-6-5-7-13-19)23(26)24-20-14-10-15-21(18-20)29(27,28)25-16-8-3-4-9-17-25/h5-7,10,12-15,18,22H,2-4,8-9,11,16-17H2,1H3,(H,24,26). The van der Waals surface area contributed by atoms with Gasteiger partial charge in [-0.15, -0.1) is 0 Å². The summed E-state index contributed by atoms with van der Waals surface area (Å²) in [7, 11) is -3.54. The van der Waals surface area contributed by atoms with Gasteiger partial charge in [0.25, 0.3) is 0 Å². The molecule has 2 aromatic carbocycles. The zero-order chi connectivity index (χ0) is 20.7. The summed E-state index contributed by atoms with van der Waals surface area (Å²) in [6.45, 7) is 3.18. The summed E-state index contributed by atoms with van der Waals surface area (Å²) < 4.78 is 27.7. The molecule has 1 heterocycles. The second-order valence-corrected chi connectivity index (χ2v) is 9.53. The van der Waals surface area contributed by atoms with Gasteiger partial charge in [0.05, 0.1) is 10.8 Å². The van der Waals surface area contributed by atoms with Crippen LogP contribution in [-0.2, 0) is 14.8 Å². The second-order valence-electron chi connectivity index (χ2n) is 7.59. The minimum atomic E-state index is -3.54. The van der Waals surface area contributed by atoms with Gasteiger partial charge in [0.2, 0.25) is 15.9 Å². The van der Waals surface area contributed by atoms with E-state index in [4.69, 9.17) is 0 Å². The van der Waals surface area contributed by atoms with Crippen LogP contribution in [-0.4, -0.2) is 31.7 Å². The fourth-order valence-electron chi connectivity index (χ4n) is 3.82. The average Bonchev–Trinajstić information content (AvgIpc) is 3.03. The van der Waals surface area contributed by atoms with E-state index in [2.05, 4.69) is 12.2 Å². The predicted octanol–water partition coefficient (Wildman–Crippen LogP) is 4.77. The maximum Gasteiger partial charge on any atom is 0.243 e. The minimum absolute atomic E-state index is 0.109. The number of nitrogens with one attached hydrogen (secondary N) is 1. The van der Waals surface area contributed by atoms with Crippen LogP contribution in [0.3, 0.4) is 0 Å². The van der Waals surface area contributed by atoms with Crippen molar-refractivity contribution in [3.05, 3.63) is 60.2 Å². The molecule has 0 bridgehead atoms. The van der Waals surface area contributed by atoms with Crippen LogP contribution in [0.25, 0.3) is 0 Å². The number of carbonyl (C=O) groups excluding carboxylic acids is 1. The highest BCUT2D eigenvalue weighted by atomic mass is 32.2. The second kappa shape index (κ2) is 10.0. The fourth-order valence-corrected chi connectivity index (χ4v) is 5.38. The lowest BCUT2D eigenvalue weighted by molar-refractivity contribution is -0.117. The van der Waals surface area contributed by atoms with E-state index in [1.165, 1.54) is 0 Å². The van der Waals surface area contributed by atoms with Gasteiger partial charge >= 0.3 is 0 Å². The molecule has 2 aromatic rings. The molecular weight excluding hydrogens is 384 g/mol. The van der Waals surface area contributed by atoms with E-state index in [1.807, 2.05) is 30.3 Å². The quantitative estimate of drug-likeness (QED) is 0.709. The smallest absolute Gasteiger partial charge is 0.243 e. The molecule has 1 N–H and O–H groups in total. The molecule has 6 heteroatoms. The lowest BCUT2D eigenvalue weighted by Crippen LogP contribution is -2.32. The first kappa shape index (κ1) is 21.5. The van der Waals surface area contributed by atoms with Crippen molar-refractivity contribution >= 4 is 21.6 Å². The number of nitrogens with zero attached hydrogens (tertiary/aromatic N) is 1. The van der Waals surface area contributed by atoms with E-state index >= 15 is 0 Å². The van der Waals surface area contributed by atoms with Crippen LogP contribution < -0.4 is 5.32 Å². The Morgan fingerprint density at radius 3 is 2.34 bits per heavy atom. The highest BCUT2D eigenvalue weighted by Crippen LogP contribution is 2.26. The molecule has 0 saturated carbocycles. The van der Waals surface area contributed by atoms with Crippen LogP contribution in [0.5, 0.6) is 0 Å². The van der Waals surface area contributed by atoms with Crippen LogP contribution >= 0.6 is 0 Å². The number of amides is 1. The Bertz CT molecular complexity index is 905. The molecule has 1 unspecified atom stereocenters. The molecule has 1 saturated heterocycles. The number of sulfonamides is 1. The molecule has 1 fully saturated rings. The molecule has 0 spiro atoms. The number of benzene rings is 2. The Kier molecular flexibility index (Phi) is 7.45. The Morgan fingerprint density at radius 1 is 1.00 bits per heavy atom. The summed E-state index contributed by atoms with van der Waals surface area (Å²) in [4.78, 5) is 13.2. The van der Waals surface area contributed by atoms with Crippen LogP contribution in [0.4, 0.5) is 5.69 Å². The van der Waals surface area contributed by atoms with Crippen LogP contribution in [0.2, 0.25) is 0 Å². The van der Waals surface area contributed by atoms with Crippen LogP contribution in [0.1, 0.15) is 56.9 Å². The van der Waals surface area contributed by atoms with Gasteiger partial charge < -0.3 is 5.32 Å². The SMILES string of the molecule is CCCC(C(=O)Nc1cccc(S(=O)(=O)N2CCCCCC2)c1)c1ccccc1. The molecule has 0 aromatic heterocycles. The van der Waals surface area contributed by atoms with E-state index in [1.54, 1.807) is 28.6 Å². The first-order valence-electron chi connectivity index (χ1n) is 10.5. The van der Waals surface area contributed by atoms with E-state index in [9.17, 15) is 13.2 Å². The van der Waals surface area contributed by atoms with Gasteiger partial charge in [0.1, 0.15) is 0 Å². The van der Waals surface area contributed by atoms with Gasteiger partial charge in [-0.2, -0.15) is 4.31 Å². The third kappa shape index (κ3) is 5.46. The fraction of sp³-hybridized carbons (Fsp3) is 0.435. The molecule has 0 aliphatic carbocycles. The molecule has 5 nitrogen and oxygen atoms in total. The lowest BCUT2D eigenvalue weighted by atomic mass is 9.93. The van der Waals surface area contributed by atoms with Gasteiger partial charge in [0.15, 0.2) is 0 Å². The van der Waals surface area contributed by atoms with Crippen molar-refractivity contribution < 1.29 is 13.2 Å². The summed E-state index contributed by atoms with van der Waals surface area (Å²) in [5.41, 5.74) is 1.49. The van der Waals surface area contributed by atoms with Crippen molar-refractivity contribution in [2.24, 2.45) is 0 Å². The van der Waals surface area contributed by atoms with Gasteiger partial charge in [-0.3, -0.25) is 4.79 Å². The summed E-state index contributed by atoms with van der Waals surface area (Å²) in [5.74, 6) is -0.366. The zero-order valence-electron chi connectivity index (χ0n) is 17.0. The summed E-state index contributed by atoms with van der Waals surface area (Å²) >= 11 is 0. The Morgan fingerprint density at radius 2 is 1.69 bits per heavy atom. The molecule has 1 aliphatic rings. The number of hydrogen-bond acceptors (Lipinski definition) is 3. The molecule has 1 amide bonds. The maximum atomic E-state index is 13.0. The van der Waals surface area contributed by atoms with Crippen molar-refractivity contribution in [2.75, 3.05) is 18.4 Å². The Labute approximate surface area is 174 Å².